The summed E-state index contributed by atoms with van der Waals surface area (Å²) in [5, 5.41) is 0. The summed E-state index contributed by atoms with van der Waals surface area (Å²) in [6, 6.07) is 30.4. The number of nitrogens with zero attached hydrogens (tertiary/aromatic N) is 2. The summed E-state index contributed by atoms with van der Waals surface area (Å²) in [7, 11) is 0. The Morgan fingerprint density at radius 2 is 1.29 bits per heavy atom. The van der Waals surface area contributed by atoms with Crippen molar-refractivity contribution in [2.24, 2.45) is 0 Å². The van der Waals surface area contributed by atoms with Crippen molar-refractivity contribution < 1.29 is 41.0 Å². The summed E-state index contributed by atoms with van der Waals surface area (Å²) >= 11 is 0.316. The van der Waals surface area contributed by atoms with Gasteiger partial charge in [0.25, 0.3) is 0 Å². The second kappa shape index (κ2) is 17.7. The molecule has 2 fully saturated rings. The largest absolute Gasteiger partial charge is 0.488 e. The number of hydrogen-bond donors (Lipinski definition) is 0. The Hall–Kier alpha value is -5.20. The number of halogens is 5. The molecule has 1 aliphatic heterocycles. The maximum absolute atomic E-state index is 14.7. The zero-order chi connectivity index (χ0) is 39.2. The lowest BCUT2D eigenvalue weighted by atomic mass is 9.84. The zero-order valence-corrected chi connectivity index (χ0v) is 31.2. The lowest BCUT2D eigenvalue weighted by Gasteiger charge is -2.41. The smallest absolute Gasteiger partial charge is 0.342 e. The van der Waals surface area contributed by atoms with Crippen LogP contribution in [0.1, 0.15) is 77.1 Å². The maximum atomic E-state index is 14.7. The fourth-order valence-electron chi connectivity index (χ4n) is 6.99. The molecule has 0 bridgehead atoms. The van der Waals surface area contributed by atoms with Crippen molar-refractivity contribution in [3.63, 3.8) is 0 Å². The minimum atomic E-state index is -2.25. The van der Waals surface area contributed by atoms with Crippen molar-refractivity contribution in [3.8, 4) is 5.75 Å². The predicted molar refractivity (Wildman–Crippen MR) is 203 cm³/mol. The molecular formula is C44H39F5N2O4S. The summed E-state index contributed by atoms with van der Waals surface area (Å²) in [5.74, 6) is -10.8. The minimum Gasteiger partial charge on any atom is -0.488 e. The summed E-state index contributed by atoms with van der Waals surface area (Å²) in [5.41, 5.74) is 4.16. The number of carbonyl (C=O) groups excluding carboxylic acids is 2. The van der Waals surface area contributed by atoms with Crippen LogP contribution in [0.25, 0.3) is 0 Å². The molecule has 1 amide bonds. The minimum absolute atomic E-state index is 0.0270. The van der Waals surface area contributed by atoms with Gasteiger partial charge < -0.3 is 14.4 Å². The standard InChI is InChI=1S/C44H39F5N2O4S/c45-37-38(46)40(48)42(41(49)39(37)47)56-51-23-22-35(51)43(52)50(25-28-16-18-32(19-17-28)31-14-8-3-9-15-31)33-20-21-34(44(53)55-27-30-12-6-2-7-13-30)36(24-33)54-26-29-10-4-1-5-11-29/h1-2,4-7,10-13,16-21,24,31,35H,3,8-9,14-15,22-23,25-27H2/t35-/m1/s1. The Morgan fingerprint density at radius 3 is 1.89 bits per heavy atom. The van der Waals surface area contributed by atoms with Crippen LogP contribution in [0.5, 0.6) is 5.75 Å². The first-order chi connectivity index (χ1) is 27.2. The van der Waals surface area contributed by atoms with Gasteiger partial charge >= 0.3 is 5.97 Å². The van der Waals surface area contributed by atoms with Gasteiger partial charge in [-0.25, -0.2) is 31.1 Å². The number of amides is 1. The molecule has 1 saturated carbocycles. The van der Waals surface area contributed by atoms with Crippen LogP contribution in [-0.2, 0) is 29.3 Å². The molecule has 7 rings (SSSR count). The van der Waals surface area contributed by atoms with Crippen molar-refractivity contribution in [2.45, 2.75) is 75.1 Å². The maximum Gasteiger partial charge on any atom is 0.342 e. The first-order valence-electron chi connectivity index (χ1n) is 18.6. The van der Waals surface area contributed by atoms with Gasteiger partial charge in [0.05, 0.1) is 6.54 Å². The topological polar surface area (TPSA) is 59.1 Å². The molecule has 290 valence electrons. The molecule has 1 atom stereocenters. The van der Waals surface area contributed by atoms with Crippen molar-refractivity contribution in [1.82, 2.24) is 4.31 Å². The molecule has 0 spiro atoms. The normalized spacial score (nSPS) is 15.9. The highest BCUT2D eigenvalue weighted by Gasteiger charge is 2.40. The van der Waals surface area contributed by atoms with Crippen LogP contribution in [0.4, 0.5) is 27.6 Å². The zero-order valence-electron chi connectivity index (χ0n) is 30.4. The average molecular weight is 787 g/mol. The number of rotatable bonds is 13. The van der Waals surface area contributed by atoms with Crippen LogP contribution in [0.2, 0.25) is 0 Å². The van der Waals surface area contributed by atoms with E-state index >= 15 is 0 Å². The van der Waals surface area contributed by atoms with E-state index in [1.807, 2.05) is 72.8 Å². The monoisotopic (exact) mass is 786 g/mol. The van der Waals surface area contributed by atoms with Crippen molar-refractivity contribution in [2.75, 3.05) is 11.4 Å². The molecule has 2 aliphatic rings. The highest BCUT2D eigenvalue weighted by Crippen LogP contribution is 2.40. The Bertz CT molecular complexity index is 2140. The molecule has 0 unspecified atom stereocenters. The Balaban J connectivity index is 1.20. The first-order valence-corrected chi connectivity index (χ1v) is 19.3. The van der Waals surface area contributed by atoms with Crippen LogP contribution in [0.3, 0.4) is 0 Å². The van der Waals surface area contributed by atoms with Crippen LogP contribution >= 0.6 is 11.9 Å². The van der Waals surface area contributed by atoms with Gasteiger partial charge in [0.1, 0.15) is 35.5 Å². The molecule has 12 heteroatoms. The van der Waals surface area contributed by atoms with E-state index in [1.54, 1.807) is 12.1 Å². The van der Waals surface area contributed by atoms with E-state index < -0.39 is 51.9 Å². The number of carbonyl (C=O) groups is 2. The molecule has 1 saturated heterocycles. The van der Waals surface area contributed by atoms with Crippen molar-refractivity contribution in [1.29, 1.82) is 0 Å². The summed E-state index contributed by atoms with van der Waals surface area (Å²) in [6.45, 7) is 0.368. The second-order valence-corrected chi connectivity index (χ2v) is 15.0. The third-order valence-electron chi connectivity index (χ3n) is 10.2. The Labute approximate surface area is 326 Å². The fraction of sp³-hybridized carbons (Fsp3) is 0.273. The van der Waals surface area contributed by atoms with Crippen LogP contribution in [0.15, 0.2) is 108 Å². The lowest BCUT2D eigenvalue weighted by Crippen LogP contribution is -2.54. The fourth-order valence-corrected chi connectivity index (χ4v) is 8.09. The third kappa shape index (κ3) is 8.76. The number of esters is 1. The summed E-state index contributed by atoms with van der Waals surface area (Å²) in [6.07, 6.45) is 6.09. The highest BCUT2D eigenvalue weighted by atomic mass is 32.2. The van der Waals surface area contributed by atoms with E-state index in [9.17, 15) is 31.5 Å². The van der Waals surface area contributed by atoms with Gasteiger partial charge in [-0.3, -0.25) is 4.79 Å². The molecular weight excluding hydrogens is 748 g/mol. The van der Waals surface area contributed by atoms with E-state index in [2.05, 4.69) is 12.1 Å². The Morgan fingerprint density at radius 1 is 0.679 bits per heavy atom. The predicted octanol–water partition coefficient (Wildman–Crippen LogP) is 10.7. The van der Waals surface area contributed by atoms with Gasteiger partial charge in [0.15, 0.2) is 23.3 Å². The van der Waals surface area contributed by atoms with E-state index in [-0.39, 0.29) is 44.0 Å². The van der Waals surface area contributed by atoms with Crippen LogP contribution in [0, 0.1) is 29.1 Å². The lowest BCUT2D eigenvalue weighted by molar-refractivity contribution is -0.124. The summed E-state index contributed by atoms with van der Waals surface area (Å²) in [4.78, 5) is 28.4. The number of ether oxygens (including phenoxy) is 2. The molecule has 0 N–H and O–H groups in total. The SMILES string of the molecule is O=C(OCc1ccccc1)c1ccc(N(Cc2ccc(C3CCCCC3)cc2)C(=O)[C@H]2CCN2Sc2c(F)c(F)c(F)c(F)c2F)cc1OCc1ccccc1. The van der Waals surface area contributed by atoms with Gasteiger partial charge in [-0.1, -0.05) is 104 Å². The van der Waals surface area contributed by atoms with Crippen molar-refractivity contribution in [3.05, 3.63) is 160 Å². The summed E-state index contributed by atoms with van der Waals surface area (Å²) < 4.78 is 84.6. The van der Waals surface area contributed by atoms with Gasteiger partial charge in [0, 0.05) is 18.3 Å². The molecule has 5 aromatic carbocycles. The van der Waals surface area contributed by atoms with Gasteiger partial charge in [-0.2, -0.15) is 0 Å². The average Bonchev–Trinajstić information content (AvgIpc) is 3.23. The van der Waals surface area contributed by atoms with E-state index in [4.69, 9.17) is 9.47 Å². The number of anilines is 1. The van der Waals surface area contributed by atoms with Crippen LogP contribution < -0.4 is 9.64 Å². The second-order valence-electron chi connectivity index (χ2n) is 14.0. The number of hydrogen-bond acceptors (Lipinski definition) is 6. The molecule has 1 aliphatic carbocycles. The van der Waals surface area contributed by atoms with E-state index in [1.165, 1.54) is 40.1 Å². The van der Waals surface area contributed by atoms with Gasteiger partial charge in [-0.15, -0.1) is 0 Å². The third-order valence-corrected chi connectivity index (χ3v) is 11.5. The van der Waals surface area contributed by atoms with Gasteiger partial charge in [0.2, 0.25) is 11.7 Å². The number of benzene rings is 5. The van der Waals surface area contributed by atoms with Crippen LogP contribution in [-0.4, -0.2) is 28.8 Å². The first kappa shape index (κ1) is 39.1. The van der Waals surface area contributed by atoms with Crippen molar-refractivity contribution >= 4 is 29.5 Å². The quantitative estimate of drug-likeness (QED) is 0.0390. The Kier molecular flexibility index (Phi) is 12.4. The molecule has 0 radical (unpaired) electrons. The van der Waals surface area contributed by atoms with E-state index in [0.717, 1.165) is 29.5 Å². The highest BCUT2D eigenvalue weighted by molar-refractivity contribution is 7.97. The molecule has 1 heterocycles. The van der Waals surface area contributed by atoms with E-state index in [0.29, 0.717) is 23.6 Å². The molecule has 56 heavy (non-hydrogen) atoms. The molecule has 6 nitrogen and oxygen atoms in total. The molecule has 0 aromatic heterocycles. The van der Waals surface area contributed by atoms with Gasteiger partial charge in [-0.05, 0) is 71.5 Å². The molecule has 5 aromatic rings.